The second-order valence-electron chi connectivity index (χ2n) is 7.49. The van der Waals surface area contributed by atoms with Crippen molar-refractivity contribution in [3.05, 3.63) is 68.6 Å². The topological polar surface area (TPSA) is 193 Å². The van der Waals surface area contributed by atoms with Gasteiger partial charge in [-0.1, -0.05) is 12.1 Å². The van der Waals surface area contributed by atoms with Crippen LogP contribution in [-0.2, 0) is 9.57 Å². The third kappa shape index (κ3) is 4.07. The molecule has 5 N–H and O–H groups in total. The zero-order chi connectivity index (χ0) is 23.9. The summed E-state index contributed by atoms with van der Waals surface area (Å²) in [5.41, 5.74) is -0.197. The second-order valence-corrected chi connectivity index (χ2v) is 7.49. The molecule has 12 nitrogen and oxygen atoms in total. The number of fused-ring (bicyclic) bond motifs is 1. The predicted molar refractivity (Wildman–Crippen MR) is 110 cm³/mol. The smallest absolute Gasteiger partial charge is 0.294 e. The van der Waals surface area contributed by atoms with Crippen LogP contribution >= 0.6 is 0 Å². The van der Waals surface area contributed by atoms with E-state index in [4.69, 9.17) is 9.15 Å². The molecule has 3 aromatic rings. The Bertz CT molecular complexity index is 1240. The van der Waals surface area contributed by atoms with E-state index in [1.807, 2.05) is 0 Å². The molecule has 4 rings (SSSR count). The van der Waals surface area contributed by atoms with E-state index >= 15 is 0 Å². The number of aromatic hydroxyl groups is 2. The normalized spacial score (nSPS) is 25.1. The molecule has 1 saturated heterocycles. The van der Waals surface area contributed by atoms with Gasteiger partial charge >= 0.3 is 0 Å². The number of benzene rings is 2. The first-order chi connectivity index (χ1) is 15.7. The highest BCUT2D eigenvalue weighted by molar-refractivity contribution is 5.86. The number of ether oxygens (including phenoxy) is 1. The van der Waals surface area contributed by atoms with Gasteiger partial charge in [0.05, 0.1) is 16.5 Å². The lowest BCUT2D eigenvalue weighted by Gasteiger charge is -2.40. The number of phenols is 2. The number of rotatable bonds is 5. The quantitative estimate of drug-likeness (QED) is 0.264. The van der Waals surface area contributed by atoms with Crippen LogP contribution in [-0.4, -0.2) is 61.6 Å². The van der Waals surface area contributed by atoms with Gasteiger partial charge in [-0.3, -0.25) is 4.79 Å². The predicted octanol–water partition coefficient (Wildman–Crippen LogP) is 0.602. The molecule has 0 bridgehead atoms. The summed E-state index contributed by atoms with van der Waals surface area (Å²) in [6.07, 6.45) is -7.12. The van der Waals surface area contributed by atoms with Gasteiger partial charge in [-0.15, -0.1) is 10.1 Å². The van der Waals surface area contributed by atoms with Gasteiger partial charge in [0.15, 0.2) is 0 Å². The van der Waals surface area contributed by atoms with Crippen molar-refractivity contribution in [2.24, 2.45) is 0 Å². The van der Waals surface area contributed by atoms with Gasteiger partial charge in [0.2, 0.25) is 5.43 Å². The molecule has 12 heteroatoms. The van der Waals surface area contributed by atoms with Crippen LogP contribution in [0.15, 0.2) is 51.9 Å². The van der Waals surface area contributed by atoms with Crippen molar-refractivity contribution in [1.82, 2.24) is 0 Å². The maximum Gasteiger partial charge on any atom is 0.294 e. The summed E-state index contributed by atoms with van der Waals surface area (Å²) in [4.78, 5) is 27.8. The number of phenolic OH excluding ortho intramolecular Hbond substituents is 2. The Morgan fingerprint density at radius 3 is 2.36 bits per heavy atom. The minimum atomic E-state index is -1.80. The first kappa shape index (κ1) is 22.5. The molecule has 174 valence electrons. The van der Waals surface area contributed by atoms with Gasteiger partial charge in [0, 0.05) is 0 Å². The maximum absolute atomic E-state index is 13.1. The fourth-order valence-corrected chi connectivity index (χ4v) is 3.79. The highest BCUT2D eigenvalue weighted by Gasteiger charge is 2.46. The van der Waals surface area contributed by atoms with Gasteiger partial charge < -0.3 is 39.5 Å². The molecule has 0 saturated carbocycles. The highest BCUT2D eigenvalue weighted by Crippen LogP contribution is 2.40. The summed E-state index contributed by atoms with van der Waals surface area (Å²) >= 11 is 0. The zero-order valence-electron chi connectivity index (χ0n) is 16.8. The molecule has 5 atom stereocenters. The van der Waals surface area contributed by atoms with E-state index in [1.165, 1.54) is 36.4 Å². The van der Waals surface area contributed by atoms with E-state index in [1.54, 1.807) is 0 Å². The SMILES string of the molecule is O=c1c(-c2ccc(O)cc2)coc2c([C@@H]3O[C@H](CO[N+](=O)[O-])[C@@H](O)[C@H](O)[C@H]3O)c(O)ccc12. The minimum Gasteiger partial charge on any atom is -0.508 e. The average molecular weight is 461 g/mol. The van der Waals surface area contributed by atoms with Crippen LogP contribution in [0.5, 0.6) is 11.5 Å². The van der Waals surface area contributed by atoms with Crippen molar-refractivity contribution >= 4 is 11.0 Å². The van der Waals surface area contributed by atoms with Gasteiger partial charge in [0.25, 0.3) is 5.09 Å². The van der Waals surface area contributed by atoms with E-state index in [0.717, 1.165) is 6.26 Å². The van der Waals surface area contributed by atoms with E-state index in [0.29, 0.717) is 5.56 Å². The molecule has 1 fully saturated rings. The maximum atomic E-state index is 13.1. The van der Waals surface area contributed by atoms with Crippen molar-refractivity contribution in [2.75, 3.05) is 6.61 Å². The Balaban J connectivity index is 1.80. The molecule has 33 heavy (non-hydrogen) atoms. The highest BCUT2D eigenvalue weighted by atomic mass is 17.0. The molecular formula is C21H19NO11. The number of hydrogen-bond acceptors (Lipinski definition) is 11. The Kier molecular flexibility index (Phi) is 5.91. The molecule has 0 spiro atoms. The average Bonchev–Trinajstić information content (AvgIpc) is 2.78. The zero-order valence-corrected chi connectivity index (χ0v) is 16.8. The molecule has 1 aliphatic rings. The van der Waals surface area contributed by atoms with Crippen LogP contribution < -0.4 is 5.43 Å². The van der Waals surface area contributed by atoms with Crippen LogP contribution in [0.3, 0.4) is 0 Å². The molecule has 0 unspecified atom stereocenters. The molecule has 0 radical (unpaired) electrons. The van der Waals surface area contributed by atoms with Crippen LogP contribution in [0, 0.1) is 10.1 Å². The Hall–Kier alpha value is -3.71. The standard InChI is InChI=1S/C21H19NO11/c23-10-3-1-9(2-4-10)12-7-31-20-11(16(12)25)5-6-13(24)15(20)21-19(28)18(27)17(26)14(33-21)8-32-22(29)30/h1-7,14,17-19,21,23-24,26-28H,8H2/t14-,17-,18+,19-,21+/m1/s1. The summed E-state index contributed by atoms with van der Waals surface area (Å²) in [7, 11) is 0. The van der Waals surface area contributed by atoms with Crippen molar-refractivity contribution in [3.8, 4) is 22.6 Å². The van der Waals surface area contributed by atoms with Crippen LogP contribution in [0.2, 0.25) is 0 Å². The lowest BCUT2D eigenvalue weighted by molar-refractivity contribution is -0.760. The summed E-state index contributed by atoms with van der Waals surface area (Å²) in [5.74, 6) is -0.430. The summed E-state index contributed by atoms with van der Waals surface area (Å²) in [6.45, 7) is -0.755. The molecular weight excluding hydrogens is 442 g/mol. The van der Waals surface area contributed by atoms with Gasteiger partial charge in [-0.05, 0) is 29.8 Å². The molecule has 2 heterocycles. The number of hydrogen-bond donors (Lipinski definition) is 5. The molecule has 1 aliphatic heterocycles. The minimum absolute atomic E-state index is 0.0101. The largest absolute Gasteiger partial charge is 0.508 e. The Morgan fingerprint density at radius 1 is 1.00 bits per heavy atom. The Labute approximate surface area is 184 Å². The van der Waals surface area contributed by atoms with Crippen LogP contribution in [0.25, 0.3) is 22.1 Å². The van der Waals surface area contributed by atoms with Crippen molar-refractivity contribution < 1.29 is 44.6 Å². The van der Waals surface area contributed by atoms with Crippen LogP contribution in [0.1, 0.15) is 11.7 Å². The van der Waals surface area contributed by atoms with E-state index in [-0.39, 0.29) is 27.8 Å². The monoisotopic (exact) mass is 461 g/mol. The van der Waals surface area contributed by atoms with E-state index < -0.39 is 53.4 Å². The molecule has 2 aromatic carbocycles. The van der Waals surface area contributed by atoms with Crippen molar-refractivity contribution in [1.29, 1.82) is 0 Å². The van der Waals surface area contributed by atoms with Gasteiger partial charge in [-0.2, -0.15) is 0 Å². The van der Waals surface area contributed by atoms with Gasteiger partial charge in [0.1, 0.15) is 60.5 Å². The number of nitrogens with zero attached hydrogens (tertiary/aromatic N) is 1. The van der Waals surface area contributed by atoms with E-state index in [9.17, 15) is 40.4 Å². The third-order valence-corrected chi connectivity index (χ3v) is 5.48. The summed E-state index contributed by atoms with van der Waals surface area (Å²) in [6, 6.07) is 8.30. The van der Waals surface area contributed by atoms with Crippen molar-refractivity contribution in [2.45, 2.75) is 30.5 Å². The molecule has 1 aromatic heterocycles. The third-order valence-electron chi connectivity index (χ3n) is 5.48. The Morgan fingerprint density at radius 2 is 1.70 bits per heavy atom. The van der Waals surface area contributed by atoms with Crippen LogP contribution in [0.4, 0.5) is 0 Å². The fourth-order valence-electron chi connectivity index (χ4n) is 3.79. The first-order valence-corrected chi connectivity index (χ1v) is 9.72. The van der Waals surface area contributed by atoms with Gasteiger partial charge in [-0.25, -0.2) is 0 Å². The first-order valence-electron chi connectivity index (χ1n) is 9.72. The molecule has 0 amide bonds. The summed E-state index contributed by atoms with van der Waals surface area (Å²) < 4.78 is 11.2. The number of aliphatic hydroxyl groups excluding tert-OH is 3. The lowest BCUT2D eigenvalue weighted by Crippen LogP contribution is -2.55. The summed E-state index contributed by atoms with van der Waals surface area (Å²) in [5, 5.41) is 60.2. The lowest BCUT2D eigenvalue weighted by atomic mass is 9.89. The van der Waals surface area contributed by atoms with E-state index in [2.05, 4.69) is 4.84 Å². The second kappa shape index (κ2) is 8.67. The van der Waals surface area contributed by atoms with Crippen molar-refractivity contribution in [3.63, 3.8) is 0 Å². The fraction of sp³-hybridized carbons (Fsp3) is 0.286. The molecule has 0 aliphatic carbocycles. The number of aliphatic hydroxyl groups is 3.